The number of para-hydroxylation sites is 3. The Labute approximate surface area is 173 Å². The van der Waals surface area contributed by atoms with Crippen molar-refractivity contribution in [2.75, 3.05) is 5.75 Å². The maximum Gasteiger partial charge on any atom is 0.184 e. The number of imidazole rings is 1. The van der Waals surface area contributed by atoms with Gasteiger partial charge < -0.3 is 10.1 Å². The second kappa shape index (κ2) is 7.98. The molecule has 6 nitrogen and oxygen atoms in total. The van der Waals surface area contributed by atoms with Crippen molar-refractivity contribution >= 4 is 51.9 Å². The van der Waals surface area contributed by atoms with Gasteiger partial charge in [0.15, 0.2) is 14.1 Å². The van der Waals surface area contributed by atoms with Crippen LogP contribution in [0.4, 0.5) is 0 Å². The lowest BCUT2D eigenvalue weighted by Gasteiger charge is -2.01. The van der Waals surface area contributed by atoms with Gasteiger partial charge in [-0.05, 0) is 36.5 Å². The third kappa shape index (κ3) is 3.71. The van der Waals surface area contributed by atoms with Crippen molar-refractivity contribution in [2.45, 2.75) is 4.34 Å². The molecule has 0 aliphatic carbocycles. The van der Waals surface area contributed by atoms with E-state index in [0.717, 1.165) is 16.7 Å². The van der Waals surface area contributed by atoms with E-state index in [4.69, 9.17) is 12.2 Å². The van der Waals surface area contributed by atoms with E-state index >= 15 is 0 Å². The van der Waals surface area contributed by atoms with E-state index in [-0.39, 0.29) is 17.1 Å². The number of aromatic nitrogens is 4. The zero-order chi connectivity index (χ0) is 19.5. The first kappa shape index (κ1) is 18.4. The number of nitrogens with zero attached hydrogens (tertiary/aromatic N) is 4. The minimum Gasteiger partial charge on any atom is -0.510 e. The summed E-state index contributed by atoms with van der Waals surface area (Å²) in [6.45, 7) is 0. The van der Waals surface area contributed by atoms with E-state index in [2.05, 4.69) is 15.1 Å². The lowest BCUT2D eigenvalue weighted by atomic mass is 10.2. The number of aromatic amines is 1. The summed E-state index contributed by atoms with van der Waals surface area (Å²) in [4.78, 5) is 7.44. The van der Waals surface area contributed by atoms with Gasteiger partial charge in [-0.1, -0.05) is 53.4 Å². The van der Waals surface area contributed by atoms with Gasteiger partial charge >= 0.3 is 0 Å². The van der Waals surface area contributed by atoms with E-state index in [1.165, 1.54) is 23.1 Å². The van der Waals surface area contributed by atoms with Crippen LogP contribution in [-0.4, -0.2) is 30.6 Å². The van der Waals surface area contributed by atoms with Crippen LogP contribution in [0.5, 0.6) is 0 Å². The Balaban J connectivity index is 1.57. The second-order valence-corrected chi connectivity index (χ2v) is 8.55. The van der Waals surface area contributed by atoms with Gasteiger partial charge in [-0.3, -0.25) is 0 Å². The first-order valence-electron chi connectivity index (χ1n) is 8.21. The van der Waals surface area contributed by atoms with Gasteiger partial charge in [-0.25, -0.2) is 9.67 Å². The average molecular weight is 424 g/mol. The third-order valence-corrected chi connectivity index (χ3v) is 6.27. The molecule has 0 atom stereocenters. The fourth-order valence-corrected chi connectivity index (χ4v) is 4.82. The van der Waals surface area contributed by atoms with Crippen LogP contribution >= 0.6 is 35.3 Å². The van der Waals surface area contributed by atoms with E-state index < -0.39 is 0 Å². The van der Waals surface area contributed by atoms with Crippen LogP contribution in [0.2, 0.25) is 0 Å². The number of aliphatic hydroxyl groups is 1. The number of rotatable bonds is 5. The molecule has 28 heavy (non-hydrogen) atoms. The molecular formula is C19H13N5OS3. The summed E-state index contributed by atoms with van der Waals surface area (Å²) < 4.78 is 3.02. The number of nitriles is 1. The van der Waals surface area contributed by atoms with Gasteiger partial charge in [0.25, 0.3) is 0 Å². The molecule has 9 heteroatoms. The van der Waals surface area contributed by atoms with E-state index in [9.17, 15) is 10.4 Å². The standard InChI is InChI=1S/C19H13N5OS3/c20-10-13(17-21-14-8-4-5-9-15(14)22-17)16(25)11-27-18-23-24(19(26)28-18)12-6-2-1-3-7-12/h1-9,25H,11H2,(H,21,22). The number of hydrogen-bond donors (Lipinski definition) is 2. The molecule has 0 bridgehead atoms. The number of hydrogen-bond acceptors (Lipinski definition) is 7. The molecule has 0 radical (unpaired) electrons. The summed E-state index contributed by atoms with van der Waals surface area (Å²) in [5.41, 5.74) is 2.56. The zero-order valence-corrected chi connectivity index (χ0v) is 16.8. The van der Waals surface area contributed by atoms with Crippen molar-refractivity contribution in [3.05, 3.63) is 70.1 Å². The van der Waals surface area contributed by atoms with E-state index in [1.807, 2.05) is 60.7 Å². The number of thioether (sulfide) groups is 1. The lowest BCUT2D eigenvalue weighted by Crippen LogP contribution is -1.97. The SMILES string of the molecule is N#CC(=C(O)CSc1nn(-c2ccccc2)c(=S)s1)c1nc2ccccc2[nH]1. The number of nitrogens with one attached hydrogen (secondary N) is 1. The first-order chi connectivity index (χ1) is 13.7. The molecule has 0 aliphatic rings. The Morgan fingerprint density at radius 1 is 1.21 bits per heavy atom. The highest BCUT2D eigenvalue weighted by molar-refractivity contribution is 8.01. The van der Waals surface area contributed by atoms with Gasteiger partial charge in [-0.15, -0.1) is 5.10 Å². The Morgan fingerprint density at radius 3 is 2.71 bits per heavy atom. The average Bonchev–Trinajstić information content (AvgIpc) is 3.31. The predicted octanol–water partition coefficient (Wildman–Crippen LogP) is 5.12. The molecule has 0 saturated carbocycles. The van der Waals surface area contributed by atoms with Gasteiger partial charge in [0.1, 0.15) is 17.4 Å². The summed E-state index contributed by atoms with van der Waals surface area (Å²) >= 11 is 8.07. The quantitative estimate of drug-likeness (QED) is 0.200. The smallest absolute Gasteiger partial charge is 0.184 e. The number of allylic oxidation sites excluding steroid dienone is 1. The molecule has 2 heterocycles. The molecule has 0 saturated heterocycles. The van der Waals surface area contributed by atoms with Gasteiger partial charge in [-0.2, -0.15) is 5.26 Å². The largest absolute Gasteiger partial charge is 0.510 e. The normalized spacial score (nSPS) is 12.0. The highest BCUT2D eigenvalue weighted by atomic mass is 32.2. The fraction of sp³-hybridized carbons (Fsp3) is 0.0526. The Bertz CT molecular complexity index is 1230. The third-order valence-electron chi connectivity index (χ3n) is 3.89. The molecule has 2 aromatic carbocycles. The Kier molecular flexibility index (Phi) is 5.25. The van der Waals surface area contributed by atoms with Crippen molar-refractivity contribution in [3.8, 4) is 11.8 Å². The van der Waals surface area contributed by atoms with E-state index in [0.29, 0.717) is 14.1 Å². The van der Waals surface area contributed by atoms with Gasteiger partial charge in [0.2, 0.25) is 0 Å². The number of H-pyrrole nitrogens is 1. The first-order valence-corrected chi connectivity index (χ1v) is 10.4. The van der Waals surface area contributed by atoms with Crippen LogP contribution in [0.1, 0.15) is 5.82 Å². The minimum atomic E-state index is -0.0565. The van der Waals surface area contributed by atoms with Crippen LogP contribution in [0, 0.1) is 15.3 Å². The Morgan fingerprint density at radius 2 is 1.96 bits per heavy atom. The number of aliphatic hydroxyl groups excluding tert-OH is 1. The molecule has 138 valence electrons. The molecule has 0 spiro atoms. The molecule has 2 N–H and O–H groups in total. The van der Waals surface area contributed by atoms with Crippen molar-refractivity contribution in [2.24, 2.45) is 0 Å². The molecule has 0 aliphatic heterocycles. The van der Waals surface area contributed by atoms with Gasteiger partial charge in [0, 0.05) is 0 Å². The predicted molar refractivity (Wildman–Crippen MR) is 114 cm³/mol. The molecule has 4 aromatic rings. The molecule has 0 unspecified atom stereocenters. The van der Waals surface area contributed by atoms with Crippen LogP contribution < -0.4 is 0 Å². The summed E-state index contributed by atoms with van der Waals surface area (Å²) in [6, 6.07) is 19.1. The van der Waals surface area contributed by atoms with Crippen LogP contribution in [0.15, 0.2) is 64.7 Å². The summed E-state index contributed by atoms with van der Waals surface area (Å²) in [5.74, 6) is 0.486. The fourth-order valence-electron chi connectivity index (χ4n) is 2.58. The maximum absolute atomic E-state index is 10.5. The second-order valence-electron chi connectivity index (χ2n) is 5.71. The molecule has 0 amide bonds. The molecule has 2 aromatic heterocycles. The Hall–Kier alpha value is -2.93. The topological polar surface area (TPSA) is 90.5 Å². The molecular weight excluding hydrogens is 410 g/mol. The van der Waals surface area contributed by atoms with Crippen LogP contribution in [-0.2, 0) is 0 Å². The lowest BCUT2D eigenvalue weighted by molar-refractivity contribution is 0.420. The molecule has 0 fully saturated rings. The monoisotopic (exact) mass is 423 g/mol. The zero-order valence-electron chi connectivity index (χ0n) is 14.4. The maximum atomic E-state index is 10.5. The van der Waals surface area contributed by atoms with Crippen molar-refractivity contribution in [1.29, 1.82) is 5.26 Å². The van der Waals surface area contributed by atoms with E-state index in [1.54, 1.807) is 4.68 Å². The van der Waals surface area contributed by atoms with Gasteiger partial charge in [0.05, 0.1) is 22.5 Å². The van der Waals surface area contributed by atoms with Crippen LogP contribution in [0.25, 0.3) is 22.3 Å². The number of benzene rings is 2. The molecule has 4 rings (SSSR count). The highest BCUT2D eigenvalue weighted by Crippen LogP contribution is 2.27. The van der Waals surface area contributed by atoms with Crippen molar-refractivity contribution in [1.82, 2.24) is 19.7 Å². The summed E-state index contributed by atoms with van der Waals surface area (Å²) in [7, 11) is 0. The number of fused-ring (bicyclic) bond motifs is 1. The van der Waals surface area contributed by atoms with Crippen molar-refractivity contribution in [3.63, 3.8) is 0 Å². The highest BCUT2D eigenvalue weighted by Gasteiger charge is 2.15. The summed E-state index contributed by atoms with van der Waals surface area (Å²) in [5, 5.41) is 24.5. The minimum absolute atomic E-state index is 0.0565. The van der Waals surface area contributed by atoms with Crippen molar-refractivity contribution < 1.29 is 5.11 Å². The van der Waals surface area contributed by atoms with Crippen LogP contribution in [0.3, 0.4) is 0 Å². The summed E-state index contributed by atoms with van der Waals surface area (Å²) in [6.07, 6.45) is 0.